The first-order chi connectivity index (χ1) is 8.76. The van der Waals surface area contributed by atoms with E-state index in [4.69, 9.17) is 0 Å². The molecule has 1 rings (SSSR count). The number of aliphatic hydroxyl groups excluding tert-OH is 1. The number of aliphatic hydroxyl groups is 1. The van der Waals surface area contributed by atoms with Gasteiger partial charge in [-0.3, -0.25) is 14.5 Å². The monoisotopic (exact) mass is 269 g/mol. The smallest absolute Gasteiger partial charge is 0.235 e. The van der Waals surface area contributed by atoms with Gasteiger partial charge in [0.1, 0.15) is 0 Å². The highest BCUT2D eigenvalue weighted by Crippen LogP contribution is 2.41. The maximum Gasteiger partial charge on any atom is 0.235 e. The van der Waals surface area contributed by atoms with Gasteiger partial charge in [-0.2, -0.15) is 0 Å². The minimum absolute atomic E-state index is 0.00938. The first-order valence-corrected chi connectivity index (χ1v) is 7.22. The number of nitrogens with zero attached hydrogens (tertiary/aromatic N) is 1. The molecule has 4 heteroatoms. The van der Waals surface area contributed by atoms with Crippen molar-refractivity contribution in [3.8, 4) is 0 Å². The predicted molar refractivity (Wildman–Crippen MR) is 74.4 cm³/mol. The number of hydrogen-bond donors (Lipinski definition) is 1. The first-order valence-electron chi connectivity index (χ1n) is 7.22. The zero-order valence-corrected chi connectivity index (χ0v) is 12.8. The van der Waals surface area contributed by atoms with Gasteiger partial charge >= 0.3 is 0 Å². The van der Waals surface area contributed by atoms with Crippen LogP contribution in [0.3, 0.4) is 0 Å². The number of imide groups is 1. The van der Waals surface area contributed by atoms with Gasteiger partial charge in [-0.15, -0.1) is 0 Å². The molecule has 1 fully saturated rings. The zero-order chi connectivity index (χ0) is 14.8. The fourth-order valence-corrected chi connectivity index (χ4v) is 2.60. The largest absolute Gasteiger partial charge is 0.396 e. The van der Waals surface area contributed by atoms with Crippen molar-refractivity contribution in [2.75, 3.05) is 13.2 Å². The zero-order valence-electron chi connectivity index (χ0n) is 12.8. The van der Waals surface area contributed by atoms with Gasteiger partial charge < -0.3 is 5.11 Å². The quantitative estimate of drug-likeness (QED) is 0.752. The number of hydrogen-bond acceptors (Lipinski definition) is 3. The minimum atomic E-state index is -0.584. The van der Waals surface area contributed by atoms with Crippen molar-refractivity contribution in [2.45, 2.75) is 53.9 Å². The Kier molecular flexibility index (Phi) is 4.77. The SMILES string of the molecule is CCC(CC)(CO)CN1C(=O)CC(C)(C(C)C)C1=O. The molecular weight excluding hydrogens is 242 g/mol. The Balaban J connectivity index is 2.97. The fraction of sp³-hybridized carbons (Fsp3) is 0.867. The van der Waals surface area contributed by atoms with Crippen LogP contribution in [0.5, 0.6) is 0 Å². The van der Waals surface area contributed by atoms with E-state index in [0.29, 0.717) is 13.0 Å². The average Bonchev–Trinajstić information content (AvgIpc) is 2.60. The highest BCUT2D eigenvalue weighted by Gasteiger charge is 2.51. The Morgan fingerprint density at radius 1 is 1.32 bits per heavy atom. The number of likely N-dealkylation sites (tertiary alicyclic amines) is 1. The summed E-state index contributed by atoms with van der Waals surface area (Å²) in [5.74, 6) is -0.0334. The van der Waals surface area contributed by atoms with Crippen LogP contribution < -0.4 is 0 Å². The van der Waals surface area contributed by atoms with E-state index in [1.165, 1.54) is 4.90 Å². The summed E-state index contributed by atoms with van der Waals surface area (Å²) in [6.45, 7) is 10.2. The van der Waals surface area contributed by atoms with E-state index >= 15 is 0 Å². The number of carbonyl (C=O) groups is 2. The average molecular weight is 269 g/mol. The van der Waals surface area contributed by atoms with Gasteiger partial charge in [-0.25, -0.2) is 0 Å². The number of amides is 2. The van der Waals surface area contributed by atoms with Crippen LogP contribution in [-0.4, -0.2) is 35.0 Å². The third-order valence-corrected chi connectivity index (χ3v) is 5.16. The van der Waals surface area contributed by atoms with Crippen molar-refractivity contribution in [3.63, 3.8) is 0 Å². The normalized spacial score (nSPS) is 24.7. The summed E-state index contributed by atoms with van der Waals surface area (Å²) in [6.07, 6.45) is 1.81. The van der Waals surface area contributed by atoms with Crippen molar-refractivity contribution < 1.29 is 14.7 Å². The fourth-order valence-electron chi connectivity index (χ4n) is 2.60. The second-order valence-corrected chi connectivity index (χ2v) is 6.40. The molecule has 1 unspecified atom stereocenters. The standard InChI is InChI=1S/C15H27NO3/c1-6-15(7-2,10-17)9-16-12(18)8-14(5,11(3)4)13(16)19/h11,17H,6-10H2,1-5H3. The maximum atomic E-state index is 12.5. The maximum absolute atomic E-state index is 12.5. The molecule has 1 atom stereocenters. The van der Waals surface area contributed by atoms with Crippen LogP contribution in [0.1, 0.15) is 53.9 Å². The van der Waals surface area contributed by atoms with Crippen LogP contribution in [0, 0.1) is 16.7 Å². The molecule has 0 aromatic carbocycles. The van der Waals surface area contributed by atoms with Gasteiger partial charge in [0.05, 0.1) is 12.0 Å². The van der Waals surface area contributed by atoms with E-state index < -0.39 is 5.41 Å². The van der Waals surface area contributed by atoms with Gasteiger partial charge in [0, 0.05) is 18.4 Å². The van der Waals surface area contributed by atoms with Crippen molar-refractivity contribution in [2.24, 2.45) is 16.7 Å². The van der Waals surface area contributed by atoms with E-state index in [1.54, 1.807) is 0 Å². The van der Waals surface area contributed by atoms with Gasteiger partial charge in [0.25, 0.3) is 0 Å². The third-order valence-electron chi connectivity index (χ3n) is 5.16. The molecule has 19 heavy (non-hydrogen) atoms. The molecule has 0 radical (unpaired) electrons. The molecule has 1 aliphatic heterocycles. The molecule has 1 aliphatic rings. The van der Waals surface area contributed by atoms with E-state index in [1.807, 2.05) is 34.6 Å². The lowest BCUT2D eigenvalue weighted by Gasteiger charge is -2.34. The Morgan fingerprint density at radius 3 is 2.16 bits per heavy atom. The molecule has 1 heterocycles. The lowest BCUT2D eigenvalue weighted by Crippen LogP contribution is -2.44. The van der Waals surface area contributed by atoms with E-state index in [9.17, 15) is 14.7 Å². The van der Waals surface area contributed by atoms with Crippen LogP contribution >= 0.6 is 0 Å². The Bertz CT molecular complexity index is 352. The Labute approximate surface area is 116 Å². The molecule has 0 saturated carbocycles. The number of carbonyl (C=O) groups excluding carboxylic acids is 2. The molecule has 4 nitrogen and oxygen atoms in total. The van der Waals surface area contributed by atoms with Crippen LogP contribution in [-0.2, 0) is 9.59 Å². The first kappa shape index (κ1) is 16.2. The van der Waals surface area contributed by atoms with Crippen molar-refractivity contribution in [1.29, 1.82) is 0 Å². The van der Waals surface area contributed by atoms with Crippen LogP contribution in [0.15, 0.2) is 0 Å². The molecule has 0 aliphatic carbocycles. The van der Waals surface area contributed by atoms with Gasteiger partial charge in [-0.05, 0) is 25.7 Å². The lowest BCUT2D eigenvalue weighted by atomic mass is 9.77. The summed E-state index contributed by atoms with van der Waals surface area (Å²) in [5.41, 5.74) is -0.937. The molecule has 110 valence electrons. The molecule has 0 spiro atoms. The second kappa shape index (κ2) is 5.61. The molecule has 1 saturated heterocycles. The van der Waals surface area contributed by atoms with Gasteiger partial charge in [0.2, 0.25) is 11.8 Å². The Hall–Kier alpha value is -0.900. The molecular formula is C15H27NO3. The van der Waals surface area contributed by atoms with Crippen LogP contribution in [0.25, 0.3) is 0 Å². The predicted octanol–water partition coefficient (Wildman–Crippen LogP) is 2.21. The molecule has 1 N–H and O–H groups in total. The third kappa shape index (κ3) is 2.69. The summed E-state index contributed by atoms with van der Waals surface area (Å²) < 4.78 is 0. The number of rotatable bonds is 6. The van der Waals surface area contributed by atoms with Crippen molar-refractivity contribution >= 4 is 11.8 Å². The topological polar surface area (TPSA) is 57.6 Å². The van der Waals surface area contributed by atoms with Crippen LogP contribution in [0.2, 0.25) is 0 Å². The summed E-state index contributed by atoms with van der Waals surface area (Å²) in [5, 5.41) is 9.60. The van der Waals surface area contributed by atoms with Crippen LogP contribution in [0.4, 0.5) is 0 Å². The molecule has 2 amide bonds. The molecule has 0 aromatic rings. The highest BCUT2D eigenvalue weighted by atomic mass is 16.3. The van der Waals surface area contributed by atoms with Crippen molar-refractivity contribution in [3.05, 3.63) is 0 Å². The second-order valence-electron chi connectivity index (χ2n) is 6.40. The van der Waals surface area contributed by atoms with Gasteiger partial charge in [-0.1, -0.05) is 27.7 Å². The van der Waals surface area contributed by atoms with Crippen molar-refractivity contribution in [1.82, 2.24) is 4.90 Å². The molecule has 0 aromatic heterocycles. The van der Waals surface area contributed by atoms with E-state index in [0.717, 1.165) is 12.8 Å². The summed E-state index contributed by atoms with van der Waals surface area (Å²) in [6, 6.07) is 0. The van der Waals surface area contributed by atoms with E-state index in [-0.39, 0.29) is 29.8 Å². The summed E-state index contributed by atoms with van der Waals surface area (Å²) in [4.78, 5) is 26.1. The minimum Gasteiger partial charge on any atom is -0.396 e. The van der Waals surface area contributed by atoms with E-state index in [2.05, 4.69) is 0 Å². The molecule has 0 bridgehead atoms. The Morgan fingerprint density at radius 2 is 1.84 bits per heavy atom. The highest BCUT2D eigenvalue weighted by molar-refractivity contribution is 6.05. The van der Waals surface area contributed by atoms with Gasteiger partial charge in [0.15, 0.2) is 0 Å². The summed E-state index contributed by atoms with van der Waals surface area (Å²) in [7, 11) is 0. The lowest BCUT2D eigenvalue weighted by molar-refractivity contribution is -0.144. The summed E-state index contributed by atoms with van der Waals surface area (Å²) >= 11 is 0.